The van der Waals surface area contributed by atoms with E-state index in [-0.39, 0.29) is 12.7 Å². The third-order valence-corrected chi connectivity index (χ3v) is 1.58. The Kier molecular flexibility index (Phi) is 15.9. The Balaban J connectivity index is 0. The fourth-order valence-electron chi connectivity index (χ4n) is 0.645. The van der Waals surface area contributed by atoms with Crippen LogP contribution in [-0.4, -0.2) is 49.4 Å². The maximum absolute atomic E-state index is 8.69. The average Bonchev–Trinajstić information content (AvgIpc) is 2.23. The molecule has 0 radical (unpaired) electrons. The summed E-state index contributed by atoms with van der Waals surface area (Å²) >= 11 is 0. The summed E-state index contributed by atoms with van der Waals surface area (Å²) in [6, 6.07) is 0. The van der Waals surface area contributed by atoms with Crippen LogP contribution in [0.15, 0.2) is 0 Å². The Labute approximate surface area is 93.2 Å². The van der Waals surface area contributed by atoms with E-state index in [0.717, 1.165) is 6.61 Å². The summed E-state index contributed by atoms with van der Waals surface area (Å²) in [4.78, 5) is 0. The third-order valence-electron chi connectivity index (χ3n) is 1.58. The molecule has 2 atom stereocenters. The van der Waals surface area contributed by atoms with E-state index in [1.54, 1.807) is 21.0 Å². The SMILES string of the molecule is CC(O)COC(C)CO.CCCCOC. The van der Waals surface area contributed by atoms with Gasteiger partial charge in [0.1, 0.15) is 0 Å². The summed E-state index contributed by atoms with van der Waals surface area (Å²) in [6.45, 7) is 6.76. The molecule has 0 aromatic heterocycles. The molecule has 0 heterocycles. The Morgan fingerprint density at radius 1 is 1.27 bits per heavy atom. The summed E-state index contributed by atoms with van der Waals surface area (Å²) in [5.41, 5.74) is 0. The fourth-order valence-corrected chi connectivity index (χ4v) is 0.645. The van der Waals surface area contributed by atoms with Crippen LogP contribution in [0.1, 0.15) is 33.6 Å². The molecule has 2 N–H and O–H groups in total. The third kappa shape index (κ3) is 20.0. The first kappa shape index (κ1) is 17.2. The Morgan fingerprint density at radius 2 is 1.87 bits per heavy atom. The van der Waals surface area contributed by atoms with Crippen LogP contribution in [0.2, 0.25) is 0 Å². The highest BCUT2D eigenvalue weighted by atomic mass is 16.5. The number of aliphatic hydroxyl groups is 2. The van der Waals surface area contributed by atoms with Crippen LogP contribution in [0.3, 0.4) is 0 Å². The van der Waals surface area contributed by atoms with E-state index in [2.05, 4.69) is 6.92 Å². The molecule has 94 valence electrons. The number of rotatable bonds is 7. The smallest absolute Gasteiger partial charge is 0.0779 e. The molecule has 0 spiro atoms. The molecule has 0 fully saturated rings. The van der Waals surface area contributed by atoms with Gasteiger partial charge in [-0.05, 0) is 20.3 Å². The minimum Gasteiger partial charge on any atom is -0.394 e. The highest BCUT2D eigenvalue weighted by Gasteiger charge is 2.00. The lowest BCUT2D eigenvalue weighted by Crippen LogP contribution is -2.19. The molecule has 0 bridgehead atoms. The molecule has 0 rings (SSSR count). The molecule has 0 aliphatic heterocycles. The molecule has 0 saturated carbocycles. The van der Waals surface area contributed by atoms with Crippen LogP contribution in [0.4, 0.5) is 0 Å². The number of methoxy groups -OCH3 is 1. The lowest BCUT2D eigenvalue weighted by molar-refractivity contribution is -0.0177. The van der Waals surface area contributed by atoms with E-state index in [9.17, 15) is 0 Å². The fraction of sp³-hybridized carbons (Fsp3) is 1.00. The van der Waals surface area contributed by atoms with Gasteiger partial charge in [0, 0.05) is 13.7 Å². The quantitative estimate of drug-likeness (QED) is 0.635. The van der Waals surface area contributed by atoms with Crippen LogP contribution in [0, 0.1) is 0 Å². The molecule has 2 unspecified atom stereocenters. The summed E-state index contributed by atoms with van der Waals surface area (Å²) < 4.78 is 9.73. The van der Waals surface area contributed by atoms with Crippen LogP contribution < -0.4 is 0 Å². The van der Waals surface area contributed by atoms with E-state index in [1.807, 2.05) is 0 Å². The van der Waals surface area contributed by atoms with Gasteiger partial charge in [-0.3, -0.25) is 0 Å². The van der Waals surface area contributed by atoms with Gasteiger partial charge in [-0.25, -0.2) is 0 Å². The Hall–Kier alpha value is -0.160. The van der Waals surface area contributed by atoms with Crippen molar-refractivity contribution in [3.8, 4) is 0 Å². The second-order valence-corrected chi connectivity index (χ2v) is 3.52. The van der Waals surface area contributed by atoms with Crippen molar-refractivity contribution in [2.45, 2.75) is 45.8 Å². The Bertz CT molecular complexity index is 103. The first-order valence-electron chi connectivity index (χ1n) is 5.47. The number of hydrogen-bond donors (Lipinski definition) is 2. The number of aliphatic hydroxyl groups excluding tert-OH is 2. The lowest BCUT2D eigenvalue weighted by atomic mass is 10.4. The molecular formula is C11H26O4. The van der Waals surface area contributed by atoms with E-state index in [4.69, 9.17) is 19.7 Å². The number of hydrogen-bond acceptors (Lipinski definition) is 4. The molecule has 0 aromatic rings. The van der Waals surface area contributed by atoms with Crippen LogP contribution in [0.5, 0.6) is 0 Å². The number of unbranched alkanes of at least 4 members (excludes halogenated alkanes) is 1. The van der Waals surface area contributed by atoms with Crippen LogP contribution >= 0.6 is 0 Å². The van der Waals surface area contributed by atoms with Crippen molar-refractivity contribution in [3.05, 3.63) is 0 Å². The van der Waals surface area contributed by atoms with Crippen molar-refractivity contribution >= 4 is 0 Å². The summed E-state index contributed by atoms with van der Waals surface area (Å²) in [5.74, 6) is 0. The zero-order chi connectivity index (χ0) is 12.1. The van der Waals surface area contributed by atoms with Crippen molar-refractivity contribution in [1.82, 2.24) is 0 Å². The van der Waals surface area contributed by atoms with Gasteiger partial charge in [-0.2, -0.15) is 0 Å². The molecule has 4 nitrogen and oxygen atoms in total. The largest absolute Gasteiger partial charge is 0.394 e. The van der Waals surface area contributed by atoms with Gasteiger partial charge in [-0.15, -0.1) is 0 Å². The highest BCUT2D eigenvalue weighted by Crippen LogP contribution is 1.90. The zero-order valence-corrected chi connectivity index (χ0v) is 10.4. The topological polar surface area (TPSA) is 58.9 Å². The van der Waals surface area contributed by atoms with Crippen molar-refractivity contribution in [2.75, 3.05) is 26.9 Å². The van der Waals surface area contributed by atoms with Gasteiger partial charge >= 0.3 is 0 Å². The van der Waals surface area contributed by atoms with Gasteiger partial charge < -0.3 is 19.7 Å². The summed E-state index contributed by atoms with van der Waals surface area (Å²) in [5, 5.41) is 17.1. The van der Waals surface area contributed by atoms with Gasteiger partial charge in [0.05, 0.1) is 25.4 Å². The molecule has 0 aliphatic rings. The minimum atomic E-state index is -0.445. The van der Waals surface area contributed by atoms with Crippen LogP contribution in [0.25, 0.3) is 0 Å². The maximum Gasteiger partial charge on any atom is 0.0779 e. The first-order chi connectivity index (χ1) is 7.08. The molecule has 0 saturated heterocycles. The predicted octanol–water partition coefficient (Wildman–Crippen LogP) is 1.20. The van der Waals surface area contributed by atoms with E-state index < -0.39 is 6.10 Å². The second kappa shape index (κ2) is 13.8. The molecule has 4 heteroatoms. The van der Waals surface area contributed by atoms with Gasteiger partial charge in [0.2, 0.25) is 0 Å². The van der Waals surface area contributed by atoms with Crippen molar-refractivity contribution in [3.63, 3.8) is 0 Å². The van der Waals surface area contributed by atoms with Gasteiger partial charge in [0.15, 0.2) is 0 Å². The van der Waals surface area contributed by atoms with Crippen molar-refractivity contribution in [2.24, 2.45) is 0 Å². The highest BCUT2D eigenvalue weighted by molar-refractivity contribution is 4.47. The predicted molar refractivity (Wildman–Crippen MR) is 61.0 cm³/mol. The maximum atomic E-state index is 8.69. The van der Waals surface area contributed by atoms with Crippen molar-refractivity contribution in [1.29, 1.82) is 0 Å². The first-order valence-corrected chi connectivity index (χ1v) is 5.47. The standard InChI is InChI=1S/C6H14O3.C5H12O/c1-5(8)4-9-6(2)3-7;1-3-4-5-6-2/h5-8H,3-4H2,1-2H3;3-5H2,1-2H3. The van der Waals surface area contributed by atoms with Crippen LogP contribution in [-0.2, 0) is 9.47 Å². The normalized spacial score (nSPS) is 14.0. The monoisotopic (exact) mass is 222 g/mol. The van der Waals surface area contributed by atoms with Crippen molar-refractivity contribution < 1.29 is 19.7 Å². The molecular weight excluding hydrogens is 196 g/mol. The number of ether oxygens (including phenoxy) is 2. The molecule has 0 aliphatic carbocycles. The summed E-state index contributed by atoms with van der Waals surface area (Å²) in [7, 11) is 1.73. The van der Waals surface area contributed by atoms with Gasteiger partial charge in [-0.1, -0.05) is 13.3 Å². The van der Waals surface area contributed by atoms with E-state index >= 15 is 0 Å². The minimum absolute atomic E-state index is 0.00667. The lowest BCUT2D eigenvalue weighted by Gasteiger charge is -2.10. The zero-order valence-electron chi connectivity index (χ0n) is 10.4. The molecule has 15 heavy (non-hydrogen) atoms. The molecule has 0 aromatic carbocycles. The van der Waals surface area contributed by atoms with E-state index in [1.165, 1.54) is 12.8 Å². The van der Waals surface area contributed by atoms with E-state index in [0.29, 0.717) is 6.61 Å². The second-order valence-electron chi connectivity index (χ2n) is 3.52. The molecule has 0 amide bonds. The Morgan fingerprint density at radius 3 is 2.13 bits per heavy atom. The summed E-state index contributed by atoms with van der Waals surface area (Å²) in [6.07, 6.45) is 1.81. The average molecular weight is 222 g/mol. The van der Waals surface area contributed by atoms with Gasteiger partial charge in [0.25, 0.3) is 0 Å².